The van der Waals surface area contributed by atoms with Crippen molar-refractivity contribution in [1.29, 1.82) is 0 Å². The Morgan fingerprint density at radius 2 is 1.79 bits per heavy atom. The Morgan fingerprint density at radius 1 is 1.08 bits per heavy atom. The van der Waals surface area contributed by atoms with Crippen molar-refractivity contribution in [3.05, 3.63) is 86.6 Å². The fraction of sp³-hybridized carbons (Fsp3) is 0.160. The first-order chi connectivity index (χ1) is 18.0. The van der Waals surface area contributed by atoms with Gasteiger partial charge < -0.3 is 14.8 Å². The number of hydrogen-bond donors (Lipinski definition) is 2. The number of hydrogen-bond acceptors (Lipinski definition) is 5. The third-order valence-corrected chi connectivity index (χ3v) is 5.75. The third-order valence-electron chi connectivity index (χ3n) is 4.81. The zero-order valence-electron chi connectivity index (χ0n) is 19.5. The molecule has 0 spiro atoms. The van der Waals surface area contributed by atoms with Gasteiger partial charge in [-0.05, 0) is 76.9 Å². The molecule has 0 heterocycles. The van der Waals surface area contributed by atoms with Crippen LogP contribution in [0.5, 0.6) is 11.5 Å². The first-order valence-corrected chi connectivity index (χ1v) is 12.0. The molecule has 0 aliphatic rings. The number of ether oxygens (including phenoxy) is 2. The molecule has 0 bridgehead atoms. The van der Waals surface area contributed by atoms with Crippen LogP contribution in [0.3, 0.4) is 0 Å². The van der Waals surface area contributed by atoms with Crippen molar-refractivity contribution in [2.24, 2.45) is 5.10 Å². The van der Waals surface area contributed by atoms with Gasteiger partial charge in [-0.15, -0.1) is 0 Å². The minimum atomic E-state index is -4.52. The van der Waals surface area contributed by atoms with Gasteiger partial charge >= 0.3 is 18.0 Å². The van der Waals surface area contributed by atoms with Crippen LogP contribution in [0.25, 0.3) is 0 Å². The van der Waals surface area contributed by atoms with Gasteiger partial charge in [0.25, 0.3) is 0 Å². The lowest BCUT2D eigenvalue weighted by molar-refractivity contribution is -0.137. The van der Waals surface area contributed by atoms with Crippen LogP contribution in [0.1, 0.15) is 23.6 Å². The molecule has 0 aliphatic heterocycles. The molecule has 2 N–H and O–H groups in total. The summed E-state index contributed by atoms with van der Waals surface area (Å²) in [5.41, 5.74) is 1.75. The molecule has 0 fully saturated rings. The van der Waals surface area contributed by atoms with E-state index in [0.717, 1.165) is 24.3 Å². The van der Waals surface area contributed by atoms with E-state index in [9.17, 15) is 27.2 Å². The van der Waals surface area contributed by atoms with Crippen LogP contribution in [0.2, 0.25) is 5.02 Å². The van der Waals surface area contributed by atoms with Crippen LogP contribution in [0.4, 0.5) is 23.2 Å². The largest absolute Gasteiger partial charge is 0.490 e. The number of anilines is 1. The summed E-state index contributed by atoms with van der Waals surface area (Å²) >= 11 is 9.41. The maximum absolute atomic E-state index is 14.1. The van der Waals surface area contributed by atoms with Gasteiger partial charge in [0, 0.05) is 11.3 Å². The van der Waals surface area contributed by atoms with Gasteiger partial charge in [-0.25, -0.2) is 9.82 Å². The van der Waals surface area contributed by atoms with Crippen LogP contribution < -0.4 is 20.2 Å². The molecule has 0 atom stereocenters. The van der Waals surface area contributed by atoms with Crippen LogP contribution in [0.15, 0.2) is 64.2 Å². The summed E-state index contributed by atoms with van der Waals surface area (Å²) in [5.74, 6) is -2.22. The topological polar surface area (TPSA) is 89.0 Å². The van der Waals surface area contributed by atoms with Crippen molar-refractivity contribution in [3.8, 4) is 11.5 Å². The average molecular weight is 617 g/mol. The molecule has 200 valence electrons. The summed E-state index contributed by atoms with van der Waals surface area (Å²) in [7, 11) is 0. The average Bonchev–Trinajstić information content (AvgIpc) is 2.85. The minimum Gasteiger partial charge on any atom is -0.490 e. The van der Waals surface area contributed by atoms with E-state index in [-0.39, 0.29) is 35.2 Å². The van der Waals surface area contributed by atoms with Gasteiger partial charge in [0.15, 0.2) is 11.5 Å². The maximum atomic E-state index is 14.1. The quantitative estimate of drug-likeness (QED) is 0.134. The molecule has 3 aromatic carbocycles. The lowest BCUT2D eigenvalue weighted by atomic mass is 10.2. The van der Waals surface area contributed by atoms with E-state index in [0.29, 0.717) is 15.8 Å². The molecule has 3 rings (SSSR count). The number of rotatable bonds is 8. The highest BCUT2D eigenvalue weighted by Crippen LogP contribution is 2.37. The second-order valence-electron chi connectivity index (χ2n) is 7.48. The van der Waals surface area contributed by atoms with Crippen molar-refractivity contribution in [1.82, 2.24) is 5.43 Å². The van der Waals surface area contributed by atoms with Gasteiger partial charge in [0.1, 0.15) is 12.4 Å². The highest BCUT2D eigenvalue weighted by Gasteiger charge is 2.30. The number of amides is 2. The van der Waals surface area contributed by atoms with E-state index in [2.05, 4.69) is 26.3 Å². The summed E-state index contributed by atoms with van der Waals surface area (Å²) in [5, 5.41) is 6.10. The Bertz CT molecular complexity index is 1330. The number of halogens is 6. The number of nitrogens with one attached hydrogen (secondary N) is 2. The third kappa shape index (κ3) is 7.68. The molecule has 3 aromatic rings. The number of hydrazone groups is 1. The Hall–Kier alpha value is -3.64. The maximum Gasteiger partial charge on any atom is 0.416 e. The molecule has 38 heavy (non-hydrogen) atoms. The first-order valence-electron chi connectivity index (χ1n) is 10.8. The SMILES string of the molecule is CCOc1cc(/C=N/NC(=O)C(=O)Nc2ccc(C(F)(F)F)cc2)cc(Br)c1OCc1c(F)cccc1Cl. The van der Waals surface area contributed by atoms with Crippen molar-refractivity contribution in [2.75, 3.05) is 11.9 Å². The predicted molar refractivity (Wildman–Crippen MR) is 137 cm³/mol. The second kappa shape index (κ2) is 12.7. The normalized spacial score (nSPS) is 11.3. The van der Waals surface area contributed by atoms with Crippen molar-refractivity contribution in [2.45, 2.75) is 19.7 Å². The van der Waals surface area contributed by atoms with Crippen molar-refractivity contribution < 1.29 is 36.6 Å². The van der Waals surface area contributed by atoms with Gasteiger partial charge in [0.05, 0.1) is 27.9 Å². The van der Waals surface area contributed by atoms with Gasteiger partial charge in [-0.3, -0.25) is 9.59 Å². The summed E-state index contributed by atoms with van der Waals surface area (Å²) in [6.45, 7) is 1.87. The molecule has 0 saturated heterocycles. The number of carbonyl (C=O) groups is 2. The molecular weight excluding hydrogens is 598 g/mol. The zero-order valence-corrected chi connectivity index (χ0v) is 21.9. The van der Waals surface area contributed by atoms with E-state index >= 15 is 0 Å². The molecule has 2 amide bonds. The Balaban J connectivity index is 1.65. The van der Waals surface area contributed by atoms with Gasteiger partial charge in [-0.1, -0.05) is 17.7 Å². The smallest absolute Gasteiger partial charge is 0.416 e. The Kier molecular flexibility index (Phi) is 9.70. The Labute approximate surface area is 227 Å². The van der Waals surface area contributed by atoms with Crippen molar-refractivity contribution >= 4 is 51.2 Å². The van der Waals surface area contributed by atoms with Gasteiger partial charge in [-0.2, -0.15) is 18.3 Å². The van der Waals surface area contributed by atoms with E-state index in [1.54, 1.807) is 25.1 Å². The van der Waals surface area contributed by atoms with Crippen LogP contribution in [-0.4, -0.2) is 24.6 Å². The standard InChI is InChI=1S/C25H19BrClF4N3O4/c1-2-37-21-11-14(10-18(26)22(21)38-13-17-19(27)4-3-5-20(17)28)12-32-34-24(36)23(35)33-16-8-6-15(7-9-16)25(29,30)31/h3-12H,2,13H2,1H3,(H,33,35)(H,34,36)/b32-12+. The summed E-state index contributed by atoms with van der Waals surface area (Å²) in [6.07, 6.45) is -3.29. The van der Waals surface area contributed by atoms with E-state index < -0.39 is 29.4 Å². The summed E-state index contributed by atoms with van der Waals surface area (Å²) in [4.78, 5) is 24.0. The molecule has 7 nitrogen and oxygen atoms in total. The first kappa shape index (κ1) is 28.9. The molecule has 0 aromatic heterocycles. The van der Waals surface area contributed by atoms with E-state index in [1.165, 1.54) is 18.3 Å². The summed E-state index contributed by atoms with van der Waals surface area (Å²) in [6, 6.07) is 11.0. The molecule has 13 heteroatoms. The predicted octanol–water partition coefficient (Wildman–Crippen LogP) is 6.33. The lowest BCUT2D eigenvalue weighted by Crippen LogP contribution is -2.32. The fourth-order valence-corrected chi connectivity index (χ4v) is 3.82. The second-order valence-corrected chi connectivity index (χ2v) is 8.74. The van der Waals surface area contributed by atoms with Crippen LogP contribution in [0, 0.1) is 5.82 Å². The lowest BCUT2D eigenvalue weighted by Gasteiger charge is -2.15. The minimum absolute atomic E-state index is 0.000299. The Morgan fingerprint density at radius 3 is 2.42 bits per heavy atom. The molecular formula is C25H19BrClF4N3O4. The van der Waals surface area contributed by atoms with Gasteiger partial charge in [0.2, 0.25) is 0 Å². The highest BCUT2D eigenvalue weighted by atomic mass is 79.9. The number of benzene rings is 3. The molecule has 0 aliphatic carbocycles. The number of carbonyl (C=O) groups excluding carboxylic acids is 2. The number of alkyl halides is 3. The van der Waals surface area contributed by atoms with Crippen LogP contribution in [-0.2, 0) is 22.4 Å². The van der Waals surface area contributed by atoms with Crippen LogP contribution >= 0.6 is 27.5 Å². The summed E-state index contributed by atoms with van der Waals surface area (Å²) < 4.78 is 63.8. The van der Waals surface area contributed by atoms with E-state index in [1.807, 2.05) is 5.43 Å². The fourth-order valence-electron chi connectivity index (χ4n) is 3.03. The van der Waals surface area contributed by atoms with Crippen molar-refractivity contribution in [3.63, 3.8) is 0 Å². The zero-order chi connectivity index (χ0) is 27.9. The monoisotopic (exact) mass is 615 g/mol. The van der Waals surface area contributed by atoms with E-state index in [4.69, 9.17) is 21.1 Å². The molecule has 0 unspecified atom stereocenters. The molecule has 0 saturated carbocycles. The molecule has 0 radical (unpaired) electrons. The number of nitrogens with zero attached hydrogens (tertiary/aromatic N) is 1. The highest BCUT2D eigenvalue weighted by molar-refractivity contribution is 9.10.